The molecule has 0 saturated heterocycles. The quantitative estimate of drug-likeness (QED) is 0.505. The molecule has 0 bridgehead atoms. The van der Waals surface area contributed by atoms with Crippen molar-refractivity contribution >= 4 is 12.1 Å². The Balaban J connectivity index is 1.72. The molecule has 0 saturated carbocycles. The maximum absolute atomic E-state index is 11.9. The first-order valence-electron chi connectivity index (χ1n) is 7.02. The highest BCUT2D eigenvalue weighted by atomic mass is 16.5. The molecule has 0 aliphatic carbocycles. The molecule has 7 heteroatoms. The molecule has 1 amide bonds. The molecule has 0 spiro atoms. The van der Waals surface area contributed by atoms with E-state index in [1.807, 2.05) is 18.2 Å². The molecule has 1 aromatic heterocycles. The van der Waals surface area contributed by atoms with Gasteiger partial charge in [0.15, 0.2) is 5.69 Å². The van der Waals surface area contributed by atoms with Gasteiger partial charge in [0.25, 0.3) is 5.91 Å². The minimum Gasteiger partial charge on any atom is -0.507 e. The SMILES string of the molecule is O=C(N/N=C/c1nc(-c2ccccc2)oc1O)c1ccccc1O. The highest BCUT2D eigenvalue weighted by Gasteiger charge is 2.13. The number of aromatic nitrogens is 1. The number of aromatic hydroxyl groups is 2. The number of hydrogen-bond acceptors (Lipinski definition) is 6. The van der Waals surface area contributed by atoms with Crippen LogP contribution in [0.5, 0.6) is 11.7 Å². The number of nitrogens with zero attached hydrogens (tertiary/aromatic N) is 2. The van der Waals surface area contributed by atoms with E-state index < -0.39 is 11.9 Å². The first-order chi connectivity index (χ1) is 11.6. The van der Waals surface area contributed by atoms with E-state index in [-0.39, 0.29) is 22.9 Å². The number of rotatable bonds is 4. The summed E-state index contributed by atoms with van der Waals surface area (Å²) in [6.07, 6.45) is 1.16. The Bertz CT molecular complexity index is 888. The van der Waals surface area contributed by atoms with Gasteiger partial charge in [0.1, 0.15) is 5.75 Å². The Morgan fingerprint density at radius 3 is 2.54 bits per heavy atom. The third kappa shape index (κ3) is 3.25. The summed E-state index contributed by atoms with van der Waals surface area (Å²) in [5, 5.41) is 23.0. The van der Waals surface area contributed by atoms with Gasteiger partial charge >= 0.3 is 5.95 Å². The molecule has 3 rings (SSSR count). The fraction of sp³-hybridized carbons (Fsp3) is 0. The van der Waals surface area contributed by atoms with Gasteiger partial charge in [-0.25, -0.2) is 10.4 Å². The number of oxazole rings is 1. The van der Waals surface area contributed by atoms with E-state index in [0.717, 1.165) is 6.21 Å². The van der Waals surface area contributed by atoms with Crippen LogP contribution in [0.25, 0.3) is 11.5 Å². The Labute approximate surface area is 136 Å². The molecule has 0 aliphatic heterocycles. The number of amides is 1. The minimum atomic E-state index is -0.587. The molecule has 0 radical (unpaired) electrons. The predicted molar refractivity (Wildman–Crippen MR) is 86.8 cm³/mol. The second kappa shape index (κ2) is 6.66. The lowest BCUT2D eigenvalue weighted by Gasteiger charge is -2.01. The Kier molecular flexibility index (Phi) is 4.24. The van der Waals surface area contributed by atoms with Crippen molar-refractivity contribution in [3.63, 3.8) is 0 Å². The summed E-state index contributed by atoms with van der Waals surface area (Å²) in [5.74, 6) is -0.910. The largest absolute Gasteiger partial charge is 0.507 e. The smallest absolute Gasteiger partial charge is 0.312 e. The number of phenols is 1. The average molecular weight is 323 g/mol. The number of nitrogens with one attached hydrogen (secondary N) is 1. The predicted octanol–water partition coefficient (Wildman–Crippen LogP) is 2.52. The third-order valence-corrected chi connectivity index (χ3v) is 3.16. The van der Waals surface area contributed by atoms with Gasteiger partial charge < -0.3 is 14.6 Å². The van der Waals surface area contributed by atoms with E-state index in [1.165, 1.54) is 12.1 Å². The number of carbonyl (C=O) groups excluding carboxylic acids is 1. The van der Waals surface area contributed by atoms with E-state index in [2.05, 4.69) is 15.5 Å². The first-order valence-corrected chi connectivity index (χ1v) is 7.02. The molecule has 0 aliphatic rings. The van der Waals surface area contributed by atoms with Crippen LogP contribution in [0.1, 0.15) is 16.1 Å². The Morgan fingerprint density at radius 2 is 1.79 bits per heavy atom. The zero-order valence-electron chi connectivity index (χ0n) is 12.4. The third-order valence-electron chi connectivity index (χ3n) is 3.16. The molecule has 1 heterocycles. The number of carbonyl (C=O) groups is 1. The van der Waals surface area contributed by atoms with Crippen LogP contribution in [-0.4, -0.2) is 27.3 Å². The van der Waals surface area contributed by atoms with Crippen LogP contribution in [0.4, 0.5) is 0 Å². The van der Waals surface area contributed by atoms with E-state index >= 15 is 0 Å². The van der Waals surface area contributed by atoms with E-state index in [1.54, 1.807) is 24.3 Å². The van der Waals surface area contributed by atoms with Crippen molar-refractivity contribution in [2.75, 3.05) is 0 Å². The lowest BCUT2D eigenvalue weighted by Crippen LogP contribution is -2.17. The number of hydrazone groups is 1. The summed E-state index contributed by atoms with van der Waals surface area (Å²) in [6, 6.07) is 15.1. The van der Waals surface area contributed by atoms with Crippen molar-refractivity contribution in [2.45, 2.75) is 0 Å². The average Bonchev–Trinajstić information content (AvgIpc) is 2.97. The molecule has 0 fully saturated rings. The number of hydrogen-bond donors (Lipinski definition) is 3. The molecule has 0 unspecified atom stereocenters. The van der Waals surface area contributed by atoms with Crippen LogP contribution < -0.4 is 5.43 Å². The summed E-state index contributed by atoms with van der Waals surface area (Å²) < 4.78 is 5.16. The monoisotopic (exact) mass is 323 g/mol. The van der Waals surface area contributed by atoms with Gasteiger partial charge in [-0.05, 0) is 24.3 Å². The summed E-state index contributed by atoms with van der Waals surface area (Å²) in [5.41, 5.74) is 3.10. The first kappa shape index (κ1) is 15.3. The summed E-state index contributed by atoms with van der Waals surface area (Å²) in [4.78, 5) is 16.0. The van der Waals surface area contributed by atoms with Gasteiger partial charge in [-0.15, -0.1) is 0 Å². The van der Waals surface area contributed by atoms with Crippen molar-refractivity contribution in [1.29, 1.82) is 0 Å². The Hall–Kier alpha value is -3.61. The molecule has 3 N–H and O–H groups in total. The van der Waals surface area contributed by atoms with Crippen molar-refractivity contribution < 1.29 is 19.4 Å². The second-order valence-electron chi connectivity index (χ2n) is 4.79. The van der Waals surface area contributed by atoms with Crippen LogP contribution in [0.3, 0.4) is 0 Å². The van der Waals surface area contributed by atoms with Crippen molar-refractivity contribution in [2.24, 2.45) is 5.10 Å². The summed E-state index contributed by atoms with van der Waals surface area (Å²) >= 11 is 0. The van der Waals surface area contributed by atoms with Gasteiger partial charge in [0, 0.05) is 5.56 Å². The molecule has 3 aromatic rings. The topological polar surface area (TPSA) is 108 Å². The second-order valence-corrected chi connectivity index (χ2v) is 4.79. The van der Waals surface area contributed by atoms with Gasteiger partial charge in [0.05, 0.1) is 11.8 Å². The van der Waals surface area contributed by atoms with Gasteiger partial charge in [-0.3, -0.25) is 4.79 Å². The van der Waals surface area contributed by atoms with Crippen LogP contribution in [0.15, 0.2) is 64.1 Å². The molecular formula is C17H13N3O4. The highest BCUT2D eigenvalue weighted by molar-refractivity contribution is 5.97. The molecule has 0 atom stereocenters. The van der Waals surface area contributed by atoms with E-state index in [4.69, 9.17) is 4.42 Å². The van der Waals surface area contributed by atoms with E-state index in [9.17, 15) is 15.0 Å². The van der Waals surface area contributed by atoms with E-state index in [0.29, 0.717) is 5.56 Å². The zero-order valence-corrected chi connectivity index (χ0v) is 12.4. The standard InChI is InChI=1S/C17H13N3O4/c21-14-9-5-4-8-12(14)15(22)20-18-10-13-17(23)24-16(19-13)11-6-2-1-3-7-11/h1-10,21,23H,(H,20,22)/b18-10+. The molecule has 24 heavy (non-hydrogen) atoms. The molecule has 7 nitrogen and oxygen atoms in total. The van der Waals surface area contributed by atoms with Gasteiger partial charge in [-0.1, -0.05) is 30.3 Å². The summed E-state index contributed by atoms with van der Waals surface area (Å²) in [6.45, 7) is 0. The zero-order chi connectivity index (χ0) is 16.9. The summed E-state index contributed by atoms with van der Waals surface area (Å²) in [7, 11) is 0. The van der Waals surface area contributed by atoms with Gasteiger partial charge in [0.2, 0.25) is 5.89 Å². The van der Waals surface area contributed by atoms with Crippen molar-refractivity contribution in [3.05, 3.63) is 65.9 Å². The molecular weight excluding hydrogens is 310 g/mol. The highest BCUT2D eigenvalue weighted by Crippen LogP contribution is 2.25. The fourth-order valence-corrected chi connectivity index (χ4v) is 1.99. The van der Waals surface area contributed by atoms with Crippen molar-refractivity contribution in [1.82, 2.24) is 10.4 Å². The lowest BCUT2D eigenvalue weighted by molar-refractivity contribution is 0.0952. The van der Waals surface area contributed by atoms with Crippen LogP contribution in [0.2, 0.25) is 0 Å². The minimum absolute atomic E-state index is 0.0754. The maximum atomic E-state index is 11.9. The van der Waals surface area contributed by atoms with Crippen molar-refractivity contribution in [3.8, 4) is 23.1 Å². The molecule has 120 valence electrons. The van der Waals surface area contributed by atoms with Crippen LogP contribution >= 0.6 is 0 Å². The van der Waals surface area contributed by atoms with Crippen LogP contribution in [-0.2, 0) is 0 Å². The lowest BCUT2D eigenvalue weighted by atomic mass is 10.2. The van der Waals surface area contributed by atoms with Crippen LogP contribution in [0, 0.1) is 0 Å². The normalized spacial score (nSPS) is 10.8. The maximum Gasteiger partial charge on any atom is 0.312 e. The van der Waals surface area contributed by atoms with Gasteiger partial charge in [-0.2, -0.15) is 5.10 Å². The fourth-order valence-electron chi connectivity index (χ4n) is 1.99. The number of benzene rings is 2. The number of para-hydroxylation sites is 1. The Morgan fingerprint density at radius 1 is 1.08 bits per heavy atom. The molecule has 2 aromatic carbocycles. The number of phenolic OH excluding ortho intramolecular Hbond substituents is 1.